The molecule has 0 aromatic carbocycles. The van der Waals surface area contributed by atoms with Gasteiger partial charge in [0.1, 0.15) is 0 Å². The summed E-state index contributed by atoms with van der Waals surface area (Å²) in [7, 11) is 0. The van der Waals surface area contributed by atoms with Crippen molar-refractivity contribution < 1.29 is 19.1 Å². The number of likely N-dealkylation sites (tertiary alicyclic amines) is 2. The van der Waals surface area contributed by atoms with Crippen molar-refractivity contribution in [3.8, 4) is 0 Å². The van der Waals surface area contributed by atoms with Crippen LogP contribution in [0, 0.1) is 17.8 Å². The van der Waals surface area contributed by atoms with E-state index < -0.39 is 0 Å². The highest BCUT2D eigenvalue weighted by atomic mass is 16.5. The Bertz CT molecular complexity index is 687. The van der Waals surface area contributed by atoms with Gasteiger partial charge in [0, 0.05) is 64.2 Å². The lowest BCUT2D eigenvalue weighted by Crippen LogP contribution is -2.62. The van der Waals surface area contributed by atoms with E-state index in [9.17, 15) is 14.4 Å². The number of carbonyl (C=O) groups is 3. The molecule has 5 heterocycles. The SMILES string of the molecule is O=C(C1CCN(C(=O)N2CC3CC(C2)[C@H]2CCCC(=O)N2C3)CC1)N1CCOCC1. The zero-order chi connectivity index (χ0) is 20.7. The average molecular weight is 419 g/mol. The Morgan fingerprint density at radius 2 is 1.63 bits per heavy atom. The molecule has 8 heteroatoms. The molecule has 30 heavy (non-hydrogen) atoms. The largest absolute Gasteiger partial charge is 0.378 e. The van der Waals surface area contributed by atoms with Gasteiger partial charge in [0.15, 0.2) is 0 Å². The number of piperidine rings is 4. The van der Waals surface area contributed by atoms with Crippen molar-refractivity contribution in [1.82, 2.24) is 19.6 Å². The number of carbonyl (C=O) groups excluding carboxylic acids is 3. The molecule has 5 aliphatic heterocycles. The van der Waals surface area contributed by atoms with Crippen LogP contribution in [0.3, 0.4) is 0 Å². The second-order valence-corrected chi connectivity index (χ2v) is 9.75. The van der Waals surface area contributed by atoms with Crippen LogP contribution in [0.1, 0.15) is 38.5 Å². The number of hydrogen-bond donors (Lipinski definition) is 0. The number of hydrogen-bond acceptors (Lipinski definition) is 4. The molecule has 2 unspecified atom stereocenters. The number of urea groups is 1. The predicted molar refractivity (Wildman–Crippen MR) is 110 cm³/mol. The van der Waals surface area contributed by atoms with Crippen molar-refractivity contribution in [2.45, 2.75) is 44.6 Å². The molecule has 166 valence electrons. The highest BCUT2D eigenvalue weighted by molar-refractivity contribution is 5.80. The van der Waals surface area contributed by atoms with E-state index in [0.29, 0.717) is 69.6 Å². The van der Waals surface area contributed by atoms with Crippen molar-refractivity contribution in [2.24, 2.45) is 17.8 Å². The summed E-state index contributed by atoms with van der Waals surface area (Å²) < 4.78 is 5.35. The molecule has 0 radical (unpaired) electrons. The maximum Gasteiger partial charge on any atom is 0.320 e. The quantitative estimate of drug-likeness (QED) is 0.637. The third-order valence-corrected chi connectivity index (χ3v) is 7.89. The first-order valence-corrected chi connectivity index (χ1v) is 11.8. The standard InChI is InChI=1S/C22H34N4O4/c27-20-3-1-2-19-18-12-16(14-26(19)20)13-25(15-18)22(29)24-6-4-17(5-7-24)21(28)23-8-10-30-11-9-23/h16-19H,1-15H2/t16?,18?,19-/m1/s1. The molecule has 8 nitrogen and oxygen atoms in total. The molecule has 0 spiro atoms. The van der Waals surface area contributed by atoms with Crippen LogP contribution in [-0.2, 0) is 14.3 Å². The van der Waals surface area contributed by atoms with Gasteiger partial charge in [-0.1, -0.05) is 0 Å². The minimum absolute atomic E-state index is 0.0368. The summed E-state index contributed by atoms with van der Waals surface area (Å²) in [6.45, 7) is 6.33. The summed E-state index contributed by atoms with van der Waals surface area (Å²) in [5, 5.41) is 0. The van der Waals surface area contributed by atoms with Crippen LogP contribution < -0.4 is 0 Å². The van der Waals surface area contributed by atoms with E-state index in [1.165, 1.54) is 0 Å². The van der Waals surface area contributed by atoms with Crippen molar-refractivity contribution >= 4 is 17.8 Å². The number of morpholine rings is 1. The molecular formula is C22H34N4O4. The van der Waals surface area contributed by atoms with Crippen LogP contribution in [0.25, 0.3) is 0 Å². The Hall–Kier alpha value is -1.83. The fourth-order valence-electron chi connectivity index (χ4n) is 6.33. The van der Waals surface area contributed by atoms with Gasteiger partial charge in [-0.05, 0) is 43.9 Å². The van der Waals surface area contributed by atoms with E-state index in [1.54, 1.807) is 0 Å². The third kappa shape index (κ3) is 3.79. The third-order valence-electron chi connectivity index (χ3n) is 7.89. The van der Waals surface area contributed by atoms with Crippen molar-refractivity contribution in [3.63, 3.8) is 0 Å². The van der Waals surface area contributed by atoms with Gasteiger partial charge < -0.3 is 24.3 Å². The average Bonchev–Trinajstić information content (AvgIpc) is 2.79. The van der Waals surface area contributed by atoms with Gasteiger partial charge >= 0.3 is 6.03 Å². The van der Waals surface area contributed by atoms with Crippen LogP contribution in [0.5, 0.6) is 0 Å². The number of nitrogens with zero attached hydrogens (tertiary/aromatic N) is 4. The zero-order valence-corrected chi connectivity index (χ0v) is 17.8. The number of fused-ring (bicyclic) bond motifs is 4. The van der Waals surface area contributed by atoms with Crippen molar-refractivity contribution in [3.05, 3.63) is 0 Å². The van der Waals surface area contributed by atoms with E-state index >= 15 is 0 Å². The normalized spacial score (nSPS) is 32.8. The molecule has 5 fully saturated rings. The number of rotatable bonds is 1. The highest BCUT2D eigenvalue weighted by Crippen LogP contribution is 2.38. The van der Waals surface area contributed by atoms with Gasteiger partial charge in [-0.15, -0.1) is 0 Å². The molecule has 4 amide bonds. The Kier molecular flexibility index (Phi) is 5.60. The smallest absolute Gasteiger partial charge is 0.320 e. The molecule has 0 saturated carbocycles. The van der Waals surface area contributed by atoms with Crippen molar-refractivity contribution in [1.29, 1.82) is 0 Å². The summed E-state index contributed by atoms with van der Waals surface area (Å²) in [4.78, 5) is 46.4. The first-order valence-electron chi connectivity index (χ1n) is 11.8. The van der Waals surface area contributed by atoms with Gasteiger partial charge in [0.05, 0.1) is 13.2 Å². The summed E-state index contributed by atoms with van der Waals surface area (Å²) in [5.41, 5.74) is 0. The summed E-state index contributed by atoms with van der Waals surface area (Å²) in [5.74, 6) is 1.42. The monoisotopic (exact) mass is 418 g/mol. The number of amides is 4. The minimum Gasteiger partial charge on any atom is -0.378 e. The van der Waals surface area contributed by atoms with E-state index in [2.05, 4.69) is 4.90 Å². The molecule has 2 bridgehead atoms. The maximum absolute atomic E-state index is 13.2. The van der Waals surface area contributed by atoms with E-state index in [1.807, 2.05) is 14.7 Å². The highest BCUT2D eigenvalue weighted by Gasteiger charge is 2.45. The molecule has 0 aliphatic carbocycles. The summed E-state index contributed by atoms with van der Waals surface area (Å²) in [6.07, 6.45) is 5.42. The molecule has 5 aliphatic rings. The van der Waals surface area contributed by atoms with Gasteiger partial charge in [-0.3, -0.25) is 9.59 Å². The second kappa shape index (κ2) is 8.36. The van der Waals surface area contributed by atoms with Crippen LogP contribution in [0.4, 0.5) is 4.79 Å². The first-order chi connectivity index (χ1) is 14.6. The Balaban J connectivity index is 1.16. The Morgan fingerprint density at radius 1 is 0.867 bits per heavy atom. The predicted octanol–water partition coefficient (Wildman–Crippen LogP) is 1.01. The topological polar surface area (TPSA) is 73.4 Å². The summed E-state index contributed by atoms with van der Waals surface area (Å²) in [6, 6.07) is 0.465. The minimum atomic E-state index is 0.0368. The Morgan fingerprint density at radius 3 is 2.40 bits per heavy atom. The molecule has 5 saturated heterocycles. The van der Waals surface area contributed by atoms with Crippen LogP contribution in [-0.4, -0.2) is 103 Å². The van der Waals surface area contributed by atoms with Gasteiger partial charge in [-0.2, -0.15) is 0 Å². The van der Waals surface area contributed by atoms with E-state index in [-0.39, 0.29) is 17.9 Å². The lowest BCUT2D eigenvalue weighted by Gasteiger charge is -2.53. The molecule has 3 atom stereocenters. The van der Waals surface area contributed by atoms with Gasteiger partial charge in [-0.25, -0.2) is 4.79 Å². The fraction of sp³-hybridized carbons (Fsp3) is 0.864. The molecule has 0 N–H and O–H groups in total. The molecule has 0 aromatic rings. The Labute approximate surface area is 178 Å². The summed E-state index contributed by atoms with van der Waals surface area (Å²) >= 11 is 0. The van der Waals surface area contributed by atoms with Crippen LogP contribution >= 0.6 is 0 Å². The lowest BCUT2D eigenvalue weighted by atomic mass is 9.76. The van der Waals surface area contributed by atoms with E-state index in [4.69, 9.17) is 4.74 Å². The zero-order valence-electron chi connectivity index (χ0n) is 17.8. The fourth-order valence-corrected chi connectivity index (χ4v) is 6.33. The van der Waals surface area contributed by atoms with Crippen LogP contribution in [0.15, 0.2) is 0 Å². The molecule has 0 aromatic heterocycles. The maximum atomic E-state index is 13.2. The van der Waals surface area contributed by atoms with Crippen LogP contribution in [0.2, 0.25) is 0 Å². The molecule has 5 rings (SSSR count). The second-order valence-electron chi connectivity index (χ2n) is 9.75. The first kappa shape index (κ1) is 20.1. The van der Waals surface area contributed by atoms with Gasteiger partial charge in [0.25, 0.3) is 0 Å². The van der Waals surface area contributed by atoms with Crippen molar-refractivity contribution in [2.75, 3.05) is 59.0 Å². The molecular weight excluding hydrogens is 384 g/mol. The van der Waals surface area contributed by atoms with E-state index in [0.717, 1.165) is 51.7 Å². The number of ether oxygens (including phenoxy) is 1. The lowest BCUT2D eigenvalue weighted by molar-refractivity contribution is -0.144. The van der Waals surface area contributed by atoms with Gasteiger partial charge in [0.2, 0.25) is 11.8 Å².